The van der Waals surface area contributed by atoms with Gasteiger partial charge in [-0.1, -0.05) is 18.9 Å². The van der Waals surface area contributed by atoms with Crippen molar-refractivity contribution in [2.24, 2.45) is 0 Å². The van der Waals surface area contributed by atoms with E-state index in [0.717, 1.165) is 18.4 Å². The number of nitrogens with one attached hydrogen (secondary N) is 2. The average molecular weight is 262 g/mol. The van der Waals surface area contributed by atoms with Crippen LogP contribution in [0.1, 0.15) is 36.8 Å². The van der Waals surface area contributed by atoms with E-state index in [-0.39, 0.29) is 11.7 Å². The zero-order chi connectivity index (χ0) is 13.8. The molecule has 1 aromatic carbocycles. The van der Waals surface area contributed by atoms with Gasteiger partial charge in [0, 0.05) is 17.3 Å². The predicted octanol–water partition coefficient (Wildman–Crippen LogP) is 2.48. The van der Waals surface area contributed by atoms with E-state index in [1.807, 2.05) is 26.0 Å². The summed E-state index contributed by atoms with van der Waals surface area (Å²) in [6.07, 6.45) is 4.84. The van der Waals surface area contributed by atoms with Crippen molar-refractivity contribution in [1.82, 2.24) is 5.32 Å². The lowest BCUT2D eigenvalue weighted by Gasteiger charge is -2.14. The molecule has 0 aliphatic heterocycles. The molecule has 104 valence electrons. The van der Waals surface area contributed by atoms with Gasteiger partial charge in [-0.15, -0.1) is 0 Å². The highest BCUT2D eigenvalue weighted by molar-refractivity contribution is 5.93. The van der Waals surface area contributed by atoms with Gasteiger partial charge in [-0.3, -0.25) is 4.79 Å². The van der Waals surface area contributed by atoms with Crippen molar-refractivity contribution in [3.63, 3.8) is 0 Å². The van der Waals surface area contributed by atoms with Crippen LogP contribution in [0.15, 0.2) is 12.1 Å². The lowest BCUT2D eigenvalue weighted by molar-refractivity contribution is -0.115. The fourth-order valence-electron chi connectivity index (χ4n) is 2.53. The number of carbonyl (C=O) groups is 1. The van der Waals surface area contributed by atoms with Crippen LogP contribution in [0.4, 0.5) is 5.69 Å². The van der Waals surface area contributed by atoms with Crippen molar-refractivity contribution in [3.05, 3.63) is 23.3 Å². The molecule has 1 saturated carbocycles. The third-order valence-corrected chi connectivity index (χ3v) is 3.81. The van der Waals surface area contributed by atoms with Gasteiger partial charge in [0.1, 0.15) is 5.75 Å². The second-order valence-electron chi connectivity index (χ2n) is 5.31. The number of aryl methyl sites for hydroxylation is 1. The molecule has 1 aromatic rings. The summed E-state index contributed by atoms with van der Waals surface area (Å²) in [5.41, 5.74) is 2.22. The van der Waals surface area contributed by atoms with Gasteiger partial charge in [0.2, 0.25) is 5.91 Å². The first kappa shape index (κ1) is 13.9. The minimum atomic E-state index is -0.0572. The first-order valence-corrected chi connectivity index (χ1v) is 6.90. The van der Waals surface area contributed by atoms with Crippen molar-refractivity contribution in [2.75, 3.05) is 11.9 Å². The molecule has 2 rings (SSSR count). The van der Waals surface area contributed by atoms with Gasteiger partial charge in [0.05, 0.1) is 6.54 Å². The van der Waals surface area contributed by atoms with Crippen molar-refractivity contribution in [1.29, 1.82) is 0 Å². The number of benzene rings is 1. The Kier molecular flexibility index (Phi) is 4.43. The molecule has 0 radical (unpaired) electrons. The first-order chi connectivity index (χ1) is 9.08. The molecule has 1 amide bonds. The summed E-state index contributed by atoms with van der Waals surface area (Å²) in [7, 11) is 0. The second-order valence-corrected chi connectivity index (χ2v) is 5.31. The third-order valence-electron chi connectivity index (χ3n) is 3.81. The number of amides is 1. The number of carbonyl (C=O) groups excluding carboxylic acids is 1. The smallest absolute Gasteiger partial charge is 0.238 e. The largest absolute Gasteiger partial charge is 0.507 e. The standard InChI is InChI=1S/C15H22N2O2/c1-10-7-8-13(11(2)15(10)19)17-14(18)9-16-12-5-3-4-6-12/h7-8,12,16,19H,3-6,9H2,1-2H3,(H,17,18). The molecule has 3 N–H and O–H groups in total. The molecule has 0 atom stereocenters. The van der Waals surface area contributed by atoms with E-state index in [4.69, 9.17) is 0 Å². The Labute approximate surface area is 114 Å². The van der Waals surface area contributed by atoms with Crippen LogP contribution in [0, 0.1) is 13.8 Å². The van der Waals surface area contributed by atoms with Gasteiger partial charge in [0.15, 0.2) is 0 Å². The highest BCUT2D eigenvalue weighted by atomic mass is 16.3. The van der Waals surface area contributed by atoms with E-state index in [2.05, 4.69) is 10.6 Å². The molecule has 0 spiro atoms. The van der Waals surface area contributed by atoms with E-state index in [1.54, 1.807) is 0 Å². The highest BCUT2D eigenvalue weighted by Crippen LogP contribution is 2.27. The lowest BCUT2D eigenvalue weighted by Crippen LogP contribution is -2.34. The summed E-state index contributed by atoms with van der Waals surface area (Å²) in [4.78, 5) is 11.9. The zero-order valence-corrected chi connectivity index (χ0v) is 11.6. The van der Waals surface area contributed by atoms with Crippen molar-refractivity contribution in [3.8, 4) is 5.75 Å². The molecule has 1 aliphatic carbocycles. The molecule has 0 saturated heterocycles. The van der Waals surface area contributed by atoms with Gasteiger partial charge in [-0.2, -0.15) is 0 Å². The van der Waals surface area contributed by atoms with E-state index < -0.39 is 0 Å². The molecule has 1 aliphatic rings. The lowest BCUT2D eigenvalue weighted by atomic mass is 10.1. The Balaban J connectivity index is 1.89. The van der Waals surface area contributed by atoms with Crippen molar-refractivity contribution in [2.45, 2.75) is 45.6 Å². The van der Waals surface area contributed by atoms with Crippen LogP contribution in [-0.4, -0.2) is 23.6 Å². The normalized spacial score (nSPS) is 15.7. The number of hydrogen-bond acceptors (Lipinski definition) is 3. The monoisotopic (exact) mass is 262 g/mol. The minimum Gasteiger partial charge on any atom is -0.507 e. The van der Waals surface area contributed by atoms with Crippen LogP contribution < -0.4 is 10.6 Å². The minimum absolute atomic E-state index is 0.0572. The summed E-state index contributed by atoms with van der Waals surface area (Å²) >= 11 is 0. The van der Waals surface area contributed by atoms with Gasteiger partial charge in [0.25, 0.3) is 0 Å². The number of phenols is 1. The molecule has 4 nitrogen and oxygen atoms in total. The first-order valence-electron chi connectivity index (χ1n) is 6.90. The van der Waals surface area contributed by atoms with E-state index >= 15 is 0 Å². The van der Waals surface area contributed by atoms with Crippen LogP contribution in [0.2, 0.25) is 0 Å². The number of hydrogen-bond donors (Lipinski definition) is 3. The highest BCUT2D eigenvalue weighted by Gasteiger charge is 2.15. The Hall–Kier alpha value is -1.55. The maximum atomic E-state index is 11.9. The molecule has 19 heavy (non-hydrogen) atoms. The van der Waals surface area contributed by atoms with Gasteiger partial charge in [-0.25, -0.2) is 0 Å². The number of rotatable bonds is 4. The fourth-order valence-corrected chi connectivity index (χ4v) is 2.53. The maximum absolute atomic E-state index is 11.9. The van der Waals surface area contributed by atoms with E-state index in [0.29, 0.717) is 23.8 Å². The molecule has 0 unspecified atom stereocenters. The van der Waals surface area contributed by atoms with Crippen LogP contribution in [0.5, 0.6) is 5.75 Å². The maximum Gasteiger partial charge on any atom is 0.238 e. The third kappa shape index (κ3) is 3.47. The number of phenolic OH excluding ortho intramolecular Hbond substituents is 1. The van der Waals surface area contributed by atoms with Crippen LogP contribution in [-0.2, 0) is 4.79 Å². The Bertz CT molecular complexity index is 465. The van der Waals surface area contributed by atoms with E-state index in [1.165, 1.54) is 12.8 Å². The Morgan fingerprint density at radius 3 is 2.68 bits per heavy atom. The van der Waals surface area contributed by atoms with Gasteiger partial charge < -0.3 is 15.7 Å². The fraction of sp³-hybridized carbons (Fsp3) is 0.533. The molecule has 0 aromatic heterocycles. The van der Waals surface area contributed by atoms with Crippen molar-refractivity contribution < 1.29 is 9.90 Å². The summed E-state index contributed by atoms with van der Waals surface area (Å²) in [6.45, 7) is 3.98. The van der Waals surface area contributed by atoms with Crippen molar-refractivity contribution >= 4 is 11.6 Å². The topological polar surface area (TPSA) is 61.4 Å². The molecule has 4 heteroatoms. The molecule has 0 heterocycles. The van der Waals surface area contributed by atoms with Gasteiger partial charge in [-0.05, 0) is 38.3 Å². The summed E-state index contributed by atoms with van der Waals surface area (Å²) in [5, 5.41) is 15.9. The molecular weight excluding hydrogens is 240 g/mol. The molecule has 1 fully saturated rings. The Morgan fingerprint density at radius 1 is 1.32 bits per heavy atom. The molecule has 0 bridgehead atoms. The van der Waals surface area contributed by atoms with Crippen LogP contribution in [0.25, 0.3) is 0 Å². The number of anilines is 1. The van der Waals surface area contributed by atoms with Crippen LogP contribution in [0.3, 0.4) is 0 Å². The second kappa shape index (κ2) is 6.06. The quantitative estimate of drug-likeness (QED) is 0.781. The van der Waals surface area contributed by atoms with Crippen LogP contribution >= 0.6 is 0 Å². The SMILES string of the molecule is Cc1ccc(NC(=O)CNC2CCCC2)c(C)c1O. The molecular formula is C15H22N2O2. The Morgan fingerprint density at radius 2 is 2.00 bits per heavy atom. The summed E-state index contributed by atoms with van der Waals surface area (Å²) in [5.74, 6) is 0.194. The number of aromatic hydroxyl groups is 1. The van der Waals surface area contributed by atoms with Gasteiger partial charge >= 0.3 is 0 Å². The summed E-state index contributed by atoms with van der Waals surface area (Å²) < 4.78 is 0. The predicted molar refractivity (Wildman–Crippen MR) is 76.5 cm³/mol. The zero-order valence-electron chi connectivity index (χ0n) is 11.6. The van der Waals surface area contributed by atoms with E-state index in [9.17, 15) is 9.90 Å². The average Bonchev–Trinajstić information content (AvgIpc) is 2.90. The summed E-state index contributed by atoms with van der Waals surface area (Å²) in [6, 6.07) is 4.12.